The standard InChI is InChI=1S/C23H16Cl2N2O/c1-15(28)27(19-10-7-17(24)8-11-19)22-14-26-21-12-9-18(25)13-20(21)23(22)16-5-3-2-4-6-16/h2-14H,1H3. The maximum Gasteiger partial charge on any atom is 0.228 e. The zero-order valence-electron chi connectivity index (χ0n) is 15.1. The van der Waals surface area contributed by atoms with Crippen molar-refractivity contribution >= 4 is 51.4 Å². The van der Waals surface area contributed by atoms with E-state index in [1.54, 1.807) is 23.2 Å². The normalized spacial score (nSPS) is 10.8. The highest BCUT2D eigenvalue weighted by Gasteiger charge is 2.21. The number of nitrogens with zero attached hydrogens (tertiary/aromatic N) is 2. The Labute approximate surface area is 173 Å². The molecule has 138 valence electrons. The summed E-state index contributed by atoms with van der Waals surface area (Å²) in [7, 11) is 0. The number of anilines is 2. The molecule has 0 aliphatic carbocycles. The topological polar surface area (TPSA) is 33.2 Å². The number of hydrogen-bond acceptors (Lipinski definition) is 2. The summed E-state index contributed by atoms with van der Waals surface area (Å²) in [5.41, 5.74) is 4.10. The average Bonchev–Trinajstić information content (AvgIpc) is 2.69. The van der Waals surface area contributed by atoms with E-state index >= 15 is 0 Å². The van der Waals surface area contributed by atoms with Crippen molar-refractivity contribution in [2.45, 2.75) is 6.92 Å². The summed E-state index contributed by atoms with van der Waals surface area (Å²) in [5, 5.41) is 2.11. The third kappa shape index (κ3) is 3.47. The van der Waals surface area contributed by atoms with Gasteiger partial charge in [-0.25, -0.2) is 0 Å². The Kier molecular flexibility index (Phi) is 5.03. The first kappa shape index (κ1) is 18.5. The Bertz CT molecular complexity index is 1160. The largest absolute Gasteiger partial charge is 0.279 e. The van der Waals surface area contributed by atoms with Crippen LogP contribution in [0.3, 0.4) is 0 Å². The lowest BCUT2D eigenvalue weighted by molar-refractivity contribution is -0.115. The predicted molar refractivity (Wildman–Crippen MR) is 116 cm³/mol. The van der Waals surface area contributed by atoms with Crippen LogP contribution >= 0.6 is 23.2 Å². The van der Waals surface area contributed by atoms with Gasteiger partial charge in [0, 0.05) is 33.6 Å². The second-order valence-corrected chi connectivity index (χ2v) is 7.25. The van der Waals surface area contributed by atoms with Gasteiger partial charge in [0.05, 0.1) is 17.4 Å². The smallest absolute Gasteiger partial charge is 0.228 e. The van der Waals surface area contributed by atoms with Gasteiger partial charge in [-0.15, -0.1) is 0 Å². The average molecular weight is 407 g/mol. The summed E-state index contributed by atoms with van der Waals surface area (Å²) in [5.74, 6) is -0.123. The molecule has 1 amide bonds. The number of halogens is 2. The lowest BCUT2D eigenvalue weighted by Gasteiger charge is -2.25. The summed E-state index contributed by atoms with van der Waals surface area (Å²) in [6.45, 7) is 1.53. The molecule has 0 saturated carbocycles. The van der Waals surface area contributed by atoms with E-state index in [1.165, 1.54) is 6.92 Å². The van der Waals surface area contributed by atoms with Crippen LogP contribution in [0, 0.1) is 0 Å². The van der Waals surface area contributed by atoms with Crippen molar-refractivity contribution in [3.8, 4) is 11.1 Å². The first-order chi connectivity index (χ1) is 13.5. The molecule has 0 N–H and O–H groups in total. The van der Waals surface area contributed by atoms with E-state index in [4.69, 9.17) is 23.2 Å². The quantitative estimate of drug-likeness (QED) is 0.370. The molecular formula is C23H16Cl2N2O. The van der Waals surface area contributed by atoms with Gasteiger partial charge < -0.3 is 0 Å². The highest BCUT2D eigenvalue weighted by atomic mass is 35.5. The van der Waals surface area contributed by atoms with Gasteiger partial charge in [0.2, 0.25) is 5.91 Å². The third-order valence-corrected chi connectivity index (χ3v) is 5.00. The Hall–Kier alpha value is -2.88. The monoisotopic (exact) mass is 406 g/mol. The van der Waals surface area contributed by atoms with Gasteiger partial charge in [-0.05, 0) is 48.0 Å². The highest BCUT2D eigenvalue weighted by Crippen LogP contribution is 2.40. The van der Waals surface area contributed by atoms with Crippen LogP contribution in [0.5, 0.6) is 0 Å². The number of rotatable bonds is 3. The van der Waals surface area contributed by atoms with Crippen molar-refractivity contribution in [1.29, 1.82) is 0 Å². The summed E-state index contributed by atoms with van der Waals surface area (Å²) in [4.78, 5) is 18.9. The zero-order chi connectivity index (χ0) is 19.7. The third-order valence-electron chi connectivity index (χ3n) is 4.51. The molecule has 0 fully saturated rings. The second-order valence-electron chi connectivity index (χ2n) is 6.38. The Morgan fingerprint density at radius 1 is 0.893 bits per heavy atom. The van der Waals surface area contributed by atoms with Crippen LogP contribution in [0.4, 0.5) is 11.4 Å². The molecule has 5 heteroatoms. The lowest BCUT2D eigenvalue weighted by atomic mass is 9.98. The van der Waals surface area contributed by atoms with Crippen molar-refractivity contribution in [1.82, 2.24) is 4.98 Å². The molecule has 1 aromatic heterocycles. The molecule has 4 aromatic rings. The SMILES string of the molecule is CC(=O)N(c1ccc(Cl)cc1)c1cnc2ccc(Cl)cc2c1-c1ccccc1. The van der Waals surface area contributed by atoms with E-state index < -0.39 is 0 Å². The molecule has 0 atom stereocenters. The summed E-state index contributed by atoms with van der Waals surface area (Å²) in [6.07, 6.45) is 1.73. The van der Waals surface area contributed by atoms with Crippen molar-refractivity contribution in [2.75, 3.05) is 4.90 Å². The molecule has 4 rings (SSSR count). The molecule has 0 aliphatic rings. The lowest BCUT2D eigenvalue weighted by Crippen LogP contribution is -2.23. The number of hydrogen-bond donors (Lipinski definition) is 0. The fourth-order valence-electron chi connectivity index (χ4n) is 3.31. The Balaban J connectivity index is 2.05. The van der Waals surface area contributed by atoms with Crippen molar-refractivity contribution < 1.29 is 4.79 Å². The molecule has 0 aliphatic heterocycles. The second kappa shape index (κ2) is 7.63. The molecule has 0 radical (unpaired) electrons. The van der Waals surface area contributed by atoms with E-state index in [0.29, 0.717) is 15.7 Å². The van der Waals surface area contributed by atoms with E-state index in [2.05, 4.69) is 4.98 Å². The molecule has 0 bridgehead atoms. The number of carbonyl (C=O) groups is 1. The van der Waals surface area contributed by atoms with Gasteiger partial charge in [-0.1, -0.05) is 53.5 Å². The van der Waals surface area contributed by atoms with Crippen molar-refractivity contribution in [3.63, 3.8) is 0 Å². The first-order valence-electron chi connectivity index (χ1n) is 8.74. The van der Waals surface area contributed by atoms with Crippen LogP contribution in [0.25, 0.3) is 22.0 Å². The van der Waals surface area contributed by atoms with Gasteiger partial charge in [0.25, 0.3) is 0 Å². The molecule has 1 heterocycles. The number of carbonyl (C=O) groups excluding carboxylic acids is 1. The summed E-state index contributed by atoms with van der Waals surface area (Å²) < 4.78 is 0. The maximum absolute atomic E-state index is 12.7. The number of amides is 1. The van der Waals surface area contributed by atoms with Gasteiger partial charge in [-0.2, -0.15) is 0 Å². The molecule has 0 spiro atoms. The van der Waals surface area contributed by atoms with Crippen molar-refractivity contribution in [3.05, 3.63) is 89.0 Å². The van der Waals surface area contributed by atoms with E-state index in [-0.39, 0.29) is 5.91 Å². The first-order valence-corrected chi connectivity index (χ1v) is 9.50. The van der Waals surface area contributed by atoms with Gasteiger partial charge in [-0.3, -0.25) is 14.7 Å². The minimum absolute atomic E-state index is 0.123. The van der Waals surface area contributed by atoms with Crippen LogP contribution in [-0.4, -0.2) is 10.9 Å². The molecule has 3 nitrogen and oxygen atoms in total. The van der Waals surface area contributed by atoms with Crippen LogP contribution in [0.2, 0.25) is 10.0 Å². The van der Waals surface area contributed by atoms with Gasteiger partial charge in [0.1, 0.15) is 0 Å². The van der Waals surface area contributed by atoms with Crippen LogP contribution < -0.4 is 4.90 Å². The van der Waals surface area contributed by atoms with E-state index in [0.717, 1.165) is 27.7 Å². The fourth-order valence-corrected chi connectivity index (χ4v) is 3.61. The molecule has 28 heavy (non-hydrogen) atoms. The van der Waals surface area contributed by atoms with Crippen LogP contribution in [0.1, 0.15) is 6.92 Å². The minimum Gasteiger partial charge on any atom is -0.279 e. The van der Waals surface area contributed by atoms with Gasteiger partial charge >= 0.3 is 0 Å². The zero-order valence-corrected chi connectivity index (χ0v) is 16.6. The number of aromatic nitrogens is 1. The molecular weight excluding hydrogens is 391 g/mol. The van der Waals surface area contributed by atoms with Gasteiger partial charge in [0.15, 0.2) is 0 Å². The Morgan fingerprint density at radius 2 is 1.57 bits per heavy atom. The molecule has 3 aromatic carbocycles. The number of benzene rings is 3. The maximum atomic E-state index is 12.7. The predicted octanol–water partition coefficient (Wildman–Crippen LogP) is 6.89. The van der Waals surface area contributed by atoms with Crippen LogP contribution in [-0.2, 0) is 4.79 Å². The Morgan fingerprint density at radius 3 is 2.25 bits per heavy atom. The minimum atomic E-state index is -0.123. The fraction of sp³-hybridized carbons (Fsp3) is 0.0435. The summed E-state index contributed by atoms with van der Waals surface area (Å²) >= 11 is 12.3. The molecule has 0 unspecified atom stereocenters. The van der Waals surface area contributed by atoms with E-state index in [1.807, 2.05) is 60.7 Å². The van der Waals surface area contributed by atoms with Crippen LogP contribution in [0.15, 0.2) is 79.0 Å². The number of fused-ring (bicyclic) bond motifs is 1. The summed E-state index contributed by atoms with van der Waals surface area (Å²) in [6, 6.07) is 22.7. The number of pyridine rings is 1. The van der Waals surface area contributed by atoms with Crippen molar-refractivity contribution in [2.24, 2.45) is 0 Å². The highest BCUT2D eigenvalue weighted by molar-refractivity contribution is 6.31. The van der Waals surface area contributed by atoms with E-state index in [9.17, 15) is 4.79 Å². The molecule has 0 saturated heterocycles.